The van der Waals surface area contributed by atoms with Crippen molar-refractivity contribution in [2.75, 3.05) is 0 Å². The minimum atomic E-state index is -4.30. The van der Waals surface area contributed by atoms with E-state index in [1.807, 2.05) is 6.92 Å². The Labute approximate surface area is 194 Å². The number of esters is 1. The van der Waals surface area contributed by atoms with Crippen LogP contribution in [0.2, 0.25) is 0 Å². The highest BCUT2D eigenvalue weighted by Crippen LogP contribution is 2.31. The van der Waals surface area contributed by atoms with Crippen molar-refractivity contribution in [1.82, 2.24) is 0 Å². The van der Waals surface area contributed by atoms with E-state index in [0.717, 1.165) is 12.8 Å². The Morgan fingerprint density at radius 2 is 1.39 bits per heavy atom. The number of sulfone groups is 2. The molecule has 0 fully saturated rings. The first-order valence-corrected chi connectivity index (χ1v) is 14.0. The minimum absolute atomic E-state index is 0.0454. The van der Waals surface area contributed by atoms with Crippen LogP contribution in [-0.4, -0.2) is 44.7 Å². The molecule has 0 saturated carbocycles. The van der Waals surface area contributed by atoms with Gasteiger partial charge >= 0.3 is 5.97 Å². The molecule has 0 spiro atoms. The molecular weight excluding hydrogens is 464 g/mol. The molecule has 1 aliphatic heterocycles. The van der Waals surface area contributed by atoms with Gasteiger partial charge in [-0.15, -0.1) is 0 Å². The standard InChI is InChI=1S/C24H28O7S2/c1-2-3-10-18-17-21(24(26)31-18)22(25)15-16-23(32(27,28)19-11-6-4-7-12-19)33(29,30)20-13-8-5-9-14-20/h4-9,11-14,17-18,22-23,25H,2-3,10,15-16H2,1H3. The number of hydrogen-bond donors (Lipinski definition) is 1. The molecule has 0 aromatic heterocycles. The van der Waals surface area contributed by atoms with Gasteiger partial charge in [-0.05, 0) is 56.0 Å². The third kappa shape index (κ3) is 5.72. The molecule has 1 heterocycles. The van der Waals surface area contributed by atoms with Gasteiger partial charge in [0.15, 0.2) is 24.3 Å². The monoisotopic (exact) mass is 492 g/mol. The van der Waals surface area contributed by atoms with Crippen LogP contribution in [0.4, 0.5) is 0 Å². The predicted molar refractivity (Wildman–Crippen MR) is 124 cm³/mol. The summed E-state index contributed by atoms with van der Waals surface area (Å²) in [7, 11) is -8.59. The quantitative estimate of drug-likeness (QED) is 0.478. The Balaban J connectivity index is 1.89. The topological polar surface area (TPSA) is 115 Å². The third-order valence-electron chi connectivity index (χ3n) is 5.57. The van der Waals surface area contributed by atoms with Crippen LogP contribution < -0.4 is 0 Å². The fraction of sp³-hybridized carbons (Fsp3) is 0.375. The van der Waals surface area contributed by atoms with Crippen molar-refractivity contribution in [2.24, 2.45) is 0 Å². The fourth-order valence-corrected chi connectivity index (χ4v) is 8.33. The van der Waals surface area contributed by atoms with Crippen LogP contribution in [0.3, 0.4) is 0 Å². The van der Waals surface area contributed by atoms with Gasteiger partial charge in [-0.3, -0.25) is 0 Å². The number of rotatable bonds is 11. The van der Waals surface area contributed by atoms with E-state index in [4.69, 9.17) is 4.74 Å². The lowest BCUT2D eigenvalue weighted by atomic mass is 10.0. The highest BCUT2D eigenvalue weighted by atomic mass is 32.3. The first-order valence-electron chi connectivity index (χ1n) is 10.9. The normalized spacial score (nSPS) is 17.6. The average Bonchev–Trinajstić information content (AvgIpc) is 3.19. The maximum atomic E-state index is 13.4. The van der Waals surface area contributed by atoms with Crippen molar-refractivity contribution in [2.45, 2.75) is 65.6 Å². The van der Waals surface area contributed by atoms with E-state index in [9.17, 15) is 26.7 Å². The lowest BCUT2D eigenvalue weighted by Crippen LogP contribution is -2.32. The summed E-state index contributed by atoms with van der Waals surface area (Å²) in [4.78, 5) is 11.9. The Morgan fingerprint density at radius 3 is 1.88 bits per heavy atom. The van der Waals surface area contributed by atoms with Crippen LogP contribution in [0.5, 0.6) is 0 Å². The van der Waals surface area contributed by atoms with Gasteiger partial charge in [-0.1, -0.05) is 49.7 Å². The number of carbonyl (C=O) groups is 1. The van der Waals surface area contributed by atoms with Crippen LogP contribution in [0.25, 0.3) is 0 Å². The molecule has 178 valence electrons. The molecule has 2 unspecified atom stereocenters. The molecule has 0 amide bonds. The van der Waals surface area contributed by atoms with Crippen molar-refractivity contribution in [3.63, 3.8) is 0 Å². The largest absolute Gasteiger partial charge is 0.455 e. The van der Waals surface area contributed by atoms with E-state index in [2.05, 4.69) is 0 Å². The summed E-state index contributed by atoms with van der Waals surface area (Å²) >= 11 is 0. The van der Waals surface area contributed by atoms with Crippen molar-refractivity contribution < 1.29 is 31.5 Å². The number of hydrogen-bond acceptors (Lipinski definition) is 7. The van der Waals surface area contributed by atoms with E-state index in [1.165, 1.54) is 48.5 Å². The fourth-order valence-electron chi connectivity index (χ4n) is 3.75. The highest BCUT2D eigenvalue weighted by molar-refractivity contribution is 8.09. The Kier molecular flexibility index (Phi) is 8.10. The highest BCUT2D eigenvalue weighted by Gasteiger charge is 2.41. The summed E-state index contributed by atoms with van der Waals surface area (Å²) in [5.41, 5.74) is 0.0454. The summed E-state index contributed by atoms with van der Waals surface area (Å²) in [5.74, 6) is -0.656. The van der Waals surface area contributed by atoms with Crippen molar-refractivity contribution in [3.05, 3.63) is 72.3 Å². The zero-order valence-electron chi connectivity index (χ0n) is 18.3. The zero-order chi connectivity index (χ0) is 24.1. The number of benzene rings is 2. The smallest absolute Gasteiger partial charge is 0.337 e. The first kappa shape index (κ1) is 25.1. The molecule has 2 aromatic carbocycles. The van der Waals surface area contributed by atoms with Gasteiger partial charge in [0.2, 0.25) is 0 Å². The summed E-state index contributed by atoms with van der Waals surface area (Å²) < 4.78 is 56.8. The summed E-state index contributed by atoms with van der Waals surface area (Å²) in [6.45, 7) is 2.01. The number of carbonyl (C=O) groups excluding carboxylic acids is 1. The molecule has 2 aromatic rings. The van der Waals surface area contributed by atoms with E-state index in [1.54, 1.807) is 18.2 Å². The van der Waals surface area contributed by atoms with Gasteiger partial charge < -0.3 is 9.84 Å². The SMILES string of the molecule is CCCCC1C=C(C(O)CCC(S(=O)(=O)c2ccccc2)S(=O)(=O)c2ccccc2)C(=O)O1. The summed E-state index contributed by atoms with van der Waals surface area (Å²) in [6, 6.07) is 14.7. The second kappa shape index (κ2) is 10.6. The molecule has 3 rings (SSSR count). The maximum absolute atomic E-state index is 13.4. The minimum Gasteiger partial charge on any atom is -0.455 e. The molecule has 0 radical (unpaired) electrons. The molecule has 0 aliphatic carbocycles. The van der Waals surface area contributed by atoms with Gasteiger partial charge in [0.25, 0.3) is 0 Å². The average molecular weight is 493 g/mol. The summed E-state index contributed by atoms with van der Waals surface area (Å²) in [5, 5.41) is 10.6. The molecule has 1 N–H and O–H groups in total. The molecule has 0 saturated heterocycles. The van der Waals surface area contributed by atoms with Crippen LogP contribution >= 0.6 is 0 Å². The number of aliphatic hydroxyl groups is 1. The van der Waals surface area contributed by atoms with E-state index in [0.29, 0.717) is 6.42 Å². The third-order valence-corrected chi connectivity index (χ3v) is 10.8. The molecule has 9 heteroatoms. The second-order valence-electron chi connectivity index (χ2n) is 7.95. The Hall–Kier alpha value is -2.49. The van der Waals surface area contributed by atoms with Gasteiger partial charge in [-0.2, -0.15) is 0 Å². The van der Waals surface area contributed by atoms with E-state index in [-0.39, 0.29) is 28.2 Å². The van der Waals surface area contributed by atoms with Crippen molar-refractivity contribution in [1.29, 1.82) is 0 Å². The molecule has 2 atom stereocenters. The number of cyclic esters (lactones) is 1. The van der Waals surface area contributed by atoms with Gasteiger partial charge in [0.05, 0.1) is 21.5 Å². The molecule has 0 bridgehead atoms. The number of unbranched alkanes of at least 4 members (excludes halogenated alkanes) is 1. The van der Waals surface area contributed by atoms with Crippen LogP contribution in [-0.2, 0) is 29.2 Å². The van der Waals surface area contributed by atoms with Gasteiger partial charge in [0, 0.05) is 0 Å². The van der Waals surface area contributed by atoms with Crippen LogP contribution in [0.1, 0.15) is 39.0 Å². The molecule has 33 heavy (non-hydrogen) atoms. The lowest BCUT2D eigenvalue weighted by molar-refractivity contribution is -0.140. The van der Waals surface area contributed by atoms with Gasteiger partial charge in [-0.25, -0.2) is 21.6 Å². The first-order chi connectivity index (χ1) is 15.7. The van der Waals surface area contributed by atoms with Crippen LogP contribution in [0.15, 0.2) is 82.1 Å². The van der Waals surface area contributed by atoms with Gasteiger partial charge in [0.1, 0.15) is 6.10 Å². The maximum Gasteiger partial charge on any atom is 0.337 e. The molecular formula is C24H28O7S2. The number of aliphatic hydroxyl groups excluding tert-OH is 1. The van der Waals surface area contributed by atoms with E-state index >= 15 is 0 Å². The number of ether oxygens (including phenoxy) is 1. The zero-order valence-corrected chi connectivity index (χ0v) is 20.0. The summed E-state index contributed by atoms with van der Waals surface area (Å²) in [6.07, 6.45) is 1.58. The molecule has 7 nitrogen and oxygen atoms in total. The Morgan fingerprint density at radius 1 is 0.879 bits per heavy atom. The molecule has 1 aliphatic rings. The van der Waals surface area contributed by atoms with E-state index < -0.39 is 42.4 Å². The van der Waals surface area contributed by atoms with Crippen LogP contribution in [0, 0.1) is 0 Å². The predicted octanol–water partition coefficient (Wildman–Crippen LogP) is 3.44. The lowest BCUT2D eigenvalue weighted by Gasteiger charge is -2.20. The van der Waals surface area contributed by atoms with Crippen molar-refractivity contribution >= 4 is 25.6 Å². The van der Waals surface area contributed by atoms with Crippen molar-refractivity contribution in [3.8, 4) is 0 Å². The Bertz CT molecular complexity index is 1120. The second-order valence-corrected chi connectivity index (χ2v) is 12.5.